The molecule has 1 aromatic carbocycles. The van der Waals surface area contributed by atoms with Gasteiger partial charge in [0.15, 0.2) is 0 Å². The molecule has 1 atom stereocenters. The highest BCUT2D eigenvalue weighted by Gasteiger charge is 2.12. The van der Waals surface area contributed by atoms with Gasteiger partial charge in [-0.25, -0.2) is 0 Å². The lowest BCUT2D eigenvalue weighted by Crippen LogP contribution is -2.29. The Balaban J connectivity index is 2.10. The van der Waals surface area contributed by atoms with Crippen LogP contribution in [0.2, 0.25) is 0 Å². The minimum Gasteiger partial charge on any atom is -0.372 e. The molecule has 1 unspecified atom stereocenters. The van der Waals surface area contributed by atoms with Crippen LogP contribution >= 0.6 is 0 Å². The van der Waals surface area contributed by atoms with Crippen molar-refractivity contribution in [3.8, 4) is 0 Å². The van der Waals surface area contributed by atoms with E-state index in [-0.39, 0.29) is 6.04 Å². The first-order valence-corrected chi connectivity index (χ1v) is 6.50. The van der Waals surface area contributed by atoms with E-state index in [2.05, 4.69) is 49.1 Å². The van der Waals surface area contributed by atoms with Crippen molar-refractivity contribution in [2.24, 2.45) is 12.8 Å². The number of likely N-dealkylation sites (N-methyl/N-ethyl adjacent to an activating group) is 1. The van der Waals surface area contributed by atoms with Crippen molar-refractivity contribution in [3.05, 3.63) is 47.3 Å². The van der Waals surface area contributed by atoms with Crippen molar-refractivity contribution in [1.82, 2.24) is 9.78 Å². The summed E-state index contributed by atoms with van der Waals surface area (Å²) >= 11 is 0. The van der Waals surface area contributed by atoms with Crippen molar-refractivity contribution >= 4 is 5.69 Å². The molecule has 2 rings (SSSR count). The van der Waals surface area contributed by atoms with Crippen molar-refractivity contribution < 1.29 is 0 Å². The fourth-order valence-electron chi connectivity index (χ4n) is 2.36. The van der Waals surface area contributed by atoms with Crippen molar-refractivity contribution in [2.75, 3.05) is 18.5 Å². The maximum absolute atomic E-state index is 6.23. The molecule has 102 valence electrons. The molecule has 1 aromatic heterocycles. The Hall–Kier alpha value is -1.81. The molecule has 0 aliphatic heterocycles. The molecule has 0 spiro atoms. The van der Waals surface area contributed by atoms with Crippen LogP contribution in [0.15, 0.2) is 30.6 Å². The molecule has 0 bridgehead atoms. The summed E-state index contributed by atoms with van der Waals surface area (Å²) < 4.78 is 1.78. The third-order valence-electron chi connectivity index (χ3n) is 3.39. The highest BCUT2D eigenvalue weighted by molar-refractivity contribution is 5.54. The second kappa shape index (κ2) is 5.45. The fourth-order valence-corrected chi connectivity index (χ4v) is 2.36. The largest absolute Gasteiger partial charge is 0.372 e. The predicted molar refractivity (Wildman–Crippen MR) is 79.3 cm³/mol. The Morgan fingerprint density at radius 2 is 2.11 bits per heavy atom. The Morgan fingerprint density at radius 3 is 2.68 bits per heavy atom. The molecule has 0 radical (unpaired) electrons. The number of aryl methyl sites for hydroxylation is 3. The van der Waals surface area contributed by atoms with Gasteiger partial charge in [0, 0.05) is 38.1 Å². The van der Waals surface area contributed by atoms with E-state index in [9.17, 15) is 0 Å². The van der Waals surface area contributed by atoms with E-state index in [1.54, 1.807) is 4.68 Å². The van der Waals surface area contributed by atoms with Gasteiger partial charge in [-0.3, -0.25) is 4.68 Å². The molecule has 0 saturated carbocycles. The first kappa shape index (κ1) is 13.6. The minimum atomic E-state index is -0.0283. The second-order valence-corrected chi connectivity index (χ2v) is 5.22. The number of nitrogens with zero attached hydrogens (tertiary/aromatic N) is 3. The summed E-state index contributed by atoms with van der Waals surface area (Å²) in [7, 11) is 3.98. The summed E-state index contributed by atoms with van der Waals surface area (Å²) in [6, 6.07) is 6.45. The van der Waals surface area contributed by atoms with Crippen molar-refractivity contribution in [1.29, 1.82) is 0 Å². The molecule has 0 amide bonds. The Morgan fingerprint density at radius 1 is 1.37 bits per heavy atom. The normalized spacial score (nSPS) is 12.5. The lowest BCUT2D eigenvalue weighted by Gasteiger charge is -2.24. The number of benzene rings is 1. The van der Waals surface area contributed by atoms with Crippen LogP contribution in [0.25, 0.3) is 0 Å². The first-order valence-electron chi connectivity index (χ1n) is 6.50. The number of hydrogen-bond donors (Lipinski definition) is 1. The molecule has 4 heteroatoms. The minimum absolute atomic E-state index is 0.0283. The van der Waals surface area contributed by atoms with Crippen LogP contribution in [0.1, 0.15) is 22.7 Å². The molecule has 0 aliphatic carbocycles. The molecular formula is C15H22N4. The molecule has 0 saturated heterocycles. The van der Waals surface area contributed by atoms with E-state index in [1.807, 2.05) is 19.4 Å². The van der Waals surface area contributed by atoms with Crippen LogP contribution in [0.3, 0.4) is 0 Å². The molecule has 4 nitrogen and oxygen atoms in total. The van der Waals surface area contributed by atoms with E-state index < -0.39 is 0 Å². The quantitative estimate of drug-likeness (QED) is 0.914. The van der Waals surface area contributed by atoms with Crippen molar-refractivity contribution in [2.45, 2.75) is 19.9 Å². The number of rotatable bonds is 4. The smallest absolute Gasteiger partial charge is 0.0538 e. The number of nitrogens with two attached hydrogens (primary N) is 1. The van der Waals surface area contributed by atoms with E-state index in [0.29, 0.717) is 0 Å². The van der Waals surface area contributed by atoms with Gasteiger partial charge < -0.3 is 10.6 Å². The average Bonchev–Trinajstić information content (AvgIpc) is 2.75. The van der Waals surface area contributed by atoms with Crippen LogP contribution in [0.5, 0.6) is 0 Å². The summed E-state index contributed by atoms with van der Waals surface area (Å²) in [4.78, 5) is 2.20. The van der Waals surface area contributed by atoms with Crippen LogP contribution in [-0.2, 0) is 7.05 Å². The maximum atomic E-state index is 6.23. The number of aromatic nitrogens is 2. The summed E-state index contributed by atoms with van der Waals surface area (Å²) in [5.41, 5.74) is 11.1. The van der Waals surface area contributed by atoms with E-state index in [4.69, 9.17) is 5.73 Å². The summed E-state index contributed by atoms with van der Waals surface area (Å²) in [5.74, 6) is 0. The third kappa shape index (κ3) is 3.15. The molecule has 0 aliphatic rings. The molecule has 2 N–H and O–H groups in total. The standard InChI is InChI=1S/C15H22N4/c1-11-5-6-15(12(2)7-11)18(3)10-14(16)13-8-17-19(4)9-13/h5-9,14H,10,16H2,1-4H3. The summed E-state index contributed by atoms with van der Waals surface area (Å²) in [6.45, 7) is 5.02. The Kier molecular flexibility index (Phi) is 3.90. The monoisotopic (exact) mass is 258 g/mol. The number of hydrogen-bond acceptors (Lipinski definition) is 3. The lowest BCUT2D eigenvalue weighted by molar-refractivity contribution is 0.699. The first-order chi connectivity index (χ1) is 8.97. The van der Waals surface area contributed by atoms with Crippen LogP contribution in [-0.4, -0.2) is 23.4 Å². The highest BCUT2D eigenvalue weighted by atomic mass is 15.2. The van der Waals surface area contributed by atoms with Gasteiger partial charge in [-0.15, -0.1) is 0 Å². The van der Waals surface area contributed by atoms with E-state index >= 15 is 0 Å². The van der Waals surface area contributed by atoms with Gasteiger partial charge in [-0.05, 0) is 25.5 Å². The zero-order valence-corrected chi connectivity index (χ0v) is 12.1. The van der Waals surface area contributed by atoms with E-state index in [0.717, 1.165) is 12.1 Å². The molecule has 0 fully saturated rings. The summed E-state index contributed by atoms with van der Waals surface area (Å²) in [6.07, 6.45) is 3.81. The van der Waals surface area contributed by atoms with Gasteiger partial charge in [0.25, 0.3) is 0 Å². The number of anilines is 1. The molecule has 1 heterocycles. The topological polar surface area (TPSA) is 47.1 Å². The lowest BCUT2D eigenvalue weighted by atomic mass is 10.1. The molecular weight excluding hydrogens is 236 g/mol. The van der Waals surface area contributed by atoms with Crippen LogP contribution < -0.4 is 10.6 Å². The van der Waals surface area contributed by atoms with Crippen LogP contribution in [0.4, 0.5) is 5.69 Å². The maximum Gasteiger partial charge on any atom is 0.0538 e. The Bertz CT molecular complexity index is 559. The molecule has 19 heavy (non-hydrogen) atoms. The van der Waals surface area contributed by atoms with Gasteiger partial charge in [-0.2, -0.15) is 5.10 Å². The van der Waals surface area contributed by atoms with Gasteiger partial charge in [0.2, 0.25) is 0 Å². The van der Waals surface area contributed by atoms with Crippen LogP contribution in [0, 0.1) is 13.8 Å². The highest BCUT2D eigenvalue weighted by Crippen LogP contribution is 2.21. The van der Waals surface area contributed by atoms with Gasteiger partial charge in [0.1, 0.15) is 0 Å². The zero-order chi connectivity index (χ0) is 14.0. The SMILES string of the molecule is Cc1ccc(N(C)CC(N)c2cnn(C)c2)c(C)c1. The Labute approximate surface area is 114 Å². The van der Waals surface area contributed by atoms with Gasteiger partial charge in [0.05, 0.1) is 12.2 Å². The fraction of sp³-hybridized carbons (Fsp3) is 0.400. The summed E-state index contributed by atoms with van der Waals surface area (Å²) in [5, 5.41) is 4.17. The average molecular weight is 258 g/mol. The van der Waals surface area contributed by atoms with Gasteiger partial charge in [-0.1, -0.05) is 17.7 Å². The van der Waals surface area contributed by atoms with Gasteiger partial charge >= 0.3 is 0 Å². The second-order valence-electron chi connectivity index (χ2n) is 5.22. The van der Waals surface area contributed by atoms with Crippen molar-refractivity contribution in [3.63, 3.8) is 0 Å². The third-order valence-corrected chi connectivity index (χ3v) is 3.39. The van der Waals surface area contributed by atoms with E-state index in [1.165, 1.54) is 16.8 Å². The predicted octanol–water partition coefficient (Wildman–Crippen LogP) is 2.17. The zero-order valence-electron chi connectivity index (χ0n) is 12.1. The molecule has 2 aromatic rings.